The number of aryl methyl sites for hydroxylation is 1. The Kier molecular flexibility index (Phi) is 4.88. The molecule has 0 spiro atoms. The molecule has 0 fully saturated rings. The molecular formula is C12H12ClNO5. The third kappa shape index (κ3) is 4.26. The van der Waals surface area contributed by atoms with Crippen LogP contribution in [-0.4, -0.2) is 34.1 Å². The number of carbonyl (C=O) groups excluding carboxylic acids is 1. The number of carbonyl (C=O) groups is 3. The summed E-state index contributed by atoms with van der Waals surface area (Å²) in [5, 5.41) is 20.0. The first-order valence-corrected chi connectivity index (χ1v) is 5.70. The molecule has 0 unspecified atom stereocenters. The molecule has 1 aromatic rings. The average Bonchev–Trinajstić information content (AvgIpc) is 2.31. The lowest BCUT2D eigenvalue weighted by Crippen LogP contribution is -2.42. The second kappa shape index (κ2) is 6.19. The van der Waals surface area contributed by atoms with E-state index >= 15 is 0 Å². The van der Waals surface area contributed by atoms with Crippen molar-refractivity contribution < 1.29 is 24.6 Å². The van der Waals surface area contributed by atoms with Gasteiger partial charge in [0.05, 0.1) is 6.42 Å². The normalized spacial score (nSPS) is 11.7. The molecule has 0 bridgehead atoms. The van der Waals surface area contributed by atoms with E-state index in [9.17, 15) is 14.4 Å². The monoisotopic (exact) mass is 285 g/mol. The lowest BCUT2D eigenvalue weighted by molar-refractivity contribution is -0.145. The largest absolute Gasteiger partial charge is 0.481 e. The van der Waals surface area contributed by atoms with Crippen molar-refractivity contribution in [2.45, 2.75) is 19.4 Å². The van der Waals surface area contributed by atoms with Gasteiger partial charge in [0.1, 0.15) is 6.04 Å². The van der Waals surface area contributed by atoms with Gasteiger partial charge in [0.25, 0.3) is 5.91 Å². The predicted octanol–water partition coefficient (Wildman–Crippen LogP) is 1.31. The SMILES string of the molecule is Cc1cc(C(=O)N[C@@H](CC(=O)O)C(=O)O)ccc1Cl. The molecule has 0 aliphatic heterocycles. The summed E-state index contributed by atoms with van der Waals surface area (Å²) in [7, 11) is 0. The molecule has 0 aliphatic rings. The number of nitrogens with one attached hydrogen (secondary N) is 1. The maximum atomic E-state index is 11.8. The minimum absolute atomic E-state index is 0.221. The van der Waals surface area contributed by atoms with Crippen LogP contribution in [0.4, 0.5) is 0 Å². The molecule has 0 saturated carbocycles. The van der Waals surface area contributed by atoms with Gasteiger partial charge in [-0.25, -0.2) is 4.79 Å². The standard InChI is InChI=1S/C12H12ClNO5/c1-6-4-7(2-3-8(6)13)11(17)14-9(12(18)19)5-10(15)16/h2-4,9H,5H2,1H3,(H,14,17)(H,15,16)(H,18,19)/t9-/m0/s1. The van der Waals surface area contributed by atoms with Gasteiger partial charge in [0.15, 0.2) is 0 Å². The van der Waals surface area contributed by atoms with Crippen LogP contribution in [0.3, 0.4) is 0 Å². The van der Waals surface area contributed by atoms with Crippen LogP contribution in [-0.2, 0) is 9.59 Å². The first-order chi connectivity index (χ1) is 8.81. The molecule has 1 amide bonds. The highest BCUT2D eigenvalue weighted by atomic mass is 35.5. The number of carboxylic acid groups (broad SMARTS) is 2. The summed E-state index contributed by atoms with van der Waals surface area (Å²) in [5.74, 6) is -3.37. The molecule has 1 atom stereocenters. The molecule has 0 heterocycles. The highest BCUT2D eigenvalue weighted by molar-refractivity contribution is 6.31. The fourth-order valence-electron chi connectivity index (χ4n) is 1.40. The van der Waals surface area contributed by atoms with Crippen LogP contribution in [0.5, 0.6) is 0 Å². The molecule has 1 aromatic carbocycles. The number of aliphatic carboxylic acids is 2. The average molecular weight is 286 g/mol. The molecule has 1 rings (SSSR count). The number of hydrogen-bond acceptors (Lipinski definition) is 3. The lowest BCUT2D eigenvalue weighted by Gasteiger charge is -2.12. The van der Waals surface area contributed by atoms with Crippen LogP contribution in [0.1, 0.15) is 22.3 Å². The summed E-state index contributed by atoms with van der Waals surface area (Å²) in [6, 6.07) is 2.97. The van der Waals surface area contributed by atoms with Crippen molar-refractivity contribution in [2.75, 3.05) is 0 Å². The smallest absolute Gasteiger partial charge is 0.326 e. The van der Waals surface area contributed by atoms with Gasteiger partial charge in [-0.2, -0.15) is 0 Å². The molecule has 0 aliphatic carbocycles. The van der Waals surface area contributed by atoms with Crippen molar-refractivity contribution in [3.05, 3.63) is 34.3 Å². The van der Waals surface area contributed by atoms with Gasteiger partial charge >= 0.3 is 11.9 Å². The molecule has 0 aromatic heterocycles. The van der Waals surface area contributed by atoms with Crippen LogP contribution < -0.4 is 5.32 Å². The van der Waals surface area contributed by atoms with E-state index in [0.717, 1.165) is 0 Å². The van der Waals surface area contributed by atoms with Crippen molar-refractivity contribution in [1.29, 1.82) is 0 Å². The number of amides is 1. The molecule has 3 N–H and O–H groups in total. The minimum atomic E-state index is -1.47. The van der Waals surface area contributed by atoms with Crippen LogP contribution >= 0.6 is 11.6 Å². The molecule has 102 valence electrons. The Morgan fingerprint density at radius 2 is 1.95 bits per heavy atom. The number of benzene rings is 1. The zero-order valence-corrected chi connectivity index (χ0v) is 10.8. The van der Waals surface area contributed by atoms with E-state index in [0.29, 0.717) is 10.6 Å². The fourth-order valence-corrected chi connectivity index (χ4v) is 1.52. The molecule has 0 radical (unpaired) electrons. The van der Waals surface area contributed by atoms with Crippen molar-refractivity contribution >= 4 is 29.4 Å². The zero-order chi connectivity index (χ0) is 14.6. The predicted molar refractivity (Wildman–Crippen MR) is 67.3 cm³/mol. The van der Waals surface area contributed by atoms with Crippen LogP contribution in [0.2, 0.25) is 5.02 Å². The second-order valence-electron chi connectivity index (χ2n) is 3.93. The number of rotatable bonds is 5. The Morgan fingerprint density at radius 3 is 2.42 bits per heavy atom. The molecule has 0 saturated heterocycles. The third-order valence-corrected chi connectivity index (χ3v) is 2.83. The summed E-state index contributed by atoms with van der Waals surface area (Å²) in [4.78, 5) is 33.1. The minimum Gasteiger partial charge on any atom is -0.481 e. The summed E-state index contributed by atoms with van der Waals surface area (Å²) in [5.41, 5.74) is 0.887. The topological polar surface area (TPSA) is 104 Å². The Hall–Kier alpha value is -2.08. The first-order valence-electron chi connectivity index (χ1n) is 5.33. The van der Waals surface area contributed by atoms with Crippen molar-refractivity contribution in [3.8, 4) is 0 Å². The van der Waals surface area contributed by atoms with Gasteiger partial charge in [-0.1, -0.05) is 11.6 Å². The van der Waals surface area contributed by atoms with E-state index < -0.39 is 30.3 Å². The van der Waals surface area contributed by atoms with Gasteiger partial charge in [-0.15, -0.1) is 0 Å². The summed E-state index contributed by atoms with van der Waals surface area (Å²) >= 11 is 5.81. The van der Waals surface area contributed by atoms with E-state index in [2.05, 4.69) is 5.32 Å². The van der Waals surface area contributed by atoms with Crippen LogP contribution in [0.25, 0.3) is 0 Å². The third-order valence-electron chi connectivity index (χ3n) is 2.40. The van der Waals surface area contributed by atoms with Gasteiger partial charge in [0.2, 0.25) is 0 Å². The van der Waals surface area contributed by atoms with Gasteiger partial charge < -0.3 is 15.5 Å². The van der Waals surface area contributed by atoms with Crippen molar-refractivity contribution in [2.24, 2.45) is 0 Å². The molecular weight excluding hydrogens is 274 g/mol. The van der Waals surface area contributed by atoms with Gasteiger partial charge in [-0.3, -0.25) is 9.59 Å². The fraction of sp³-hybridized carbons (Fsp3) is 0.250. The Labute approximate surface area is 114 Å². The lowest BCUT2D eigenvalue weighted by atomic mass is 10.1. The summed E-state index contributed by atoms with van der Waals surface area (Å²) in [6.45, 7) is 1.70. The van der Waals surface area contributed by atoms with Gasteiger partial charge in [0, 0.05) is 10.6 Å². The van der Waals surface area contributed by atoms with E-state index in [4.69, 9.17) is 21.8 Å². The number of hydrogen-bond donors (Lipinski definition) is 3. The van der Waals surface area contributed by atoms with E-state index in [1.54, 1.807) is 6.92 Å². The van der Waals surface area contributed by atoms with Crippen molar-refractivity contribution in [1.82, 2.24) is 5.32 Å². The van der Waals surface area contributed by atoms with E-state index in [-0.39, 0.29) is 5.56 Å². The number of carboxylic acids is 2. The molecule has 7 heteroatoms. The Balaban J connectivity index is 2.84. The van der Waals surface area contributed by atoms with E-state index in [1.807, 2.05) is 0 Å². The van der Waals surface area contributed by atoms with Gasteiger partial charge in [-0.05, 0) is 30.7 Å². The first kappa shape index (κ1) is 15.0. The van der Waals surface area contributed by atoms with Crippen molar-refractivity contribution in [3.63, 3.8) is 0 Å². The quantitative estimate of drug-likeness (QED) is 0.756. The molecule has 19 heavy (non-hydrogen) atoms. The highest BCUT2D eigenvalue weighted by Crippen LogP contribution is 2.16. The van der Waals surface area contributed by atoms with Crippen LogP contribution in [0, 0.1) is 6.92 Å². The maximum Gasteiger partial charge on any atom is 0.326 e. The number of halogens is 1. The zero-order valence-electron chi connectivity index (χ0n) is 10.0. The molecule has 6 nitrogen and oxygen atoms in total. The Bertz CT molecular complexity index is 529. The highest BCUT2D eigenvalue weighted by Gasteiger charge is 2.23. The van der Waals surface area contributed by atoms with Crippen LogP contribution in [0.15, 0.2) is 18.2 Å². The van der Waals surface area contributed by atoms with E-state index in [1.165, 1.54) is 18.2 Å². The second-order valence-corrected chi connectivity index (χ2v) is 4.33. The maximum absolute atomic E-state index is 11.8. The summed E-state index contributed by atoms with van der Waals surface area (Å²) in [6.07, 6.45) is -0.687. The summed E-state index contributed by atoms with van der Waals surface area (Å²) < 4.78 is 0. The Morgan fingerprint density at radius 1 is 1.32 bits per heavy atom.